The van der Waals surface area contributed by atoms with E-state index in [1.54, 1.807) is 0 Å². The summed E-state index contributed by atoms with van der Waals surface area (Å²) in [5, 5.41) is 6.85. The van der Waals surface area contributed by atoms with Gasteiger partial charge in [-0.05, 0) is 52.0 Å². The van der Waals surface area contributed by atoms with E-state index in [9.17, 15) is 0 Å². The van der Waals surface area contributed by atoms with Crippen molar-refractivity contribution in [3.05, 3.63) is 0 Å². The van der Waals surface area contributed by atoms with E-state index in [0.717, 1.165) is 25.6 Å². The predicted molar refractivity (Wildman–Crippen MR) is 61.6 cm³/mol. The third-order valence-corrected chi connectivity index (χ3v) is 3.00. The van der Waals surface area contributed by atoms with Crippen molar-refractivity contribution in [3.63, 3.8) is 0 Å². The van der Waals surface area contributed by atoms with E-state index in [-0.39, 0.29) is 0 Å². The van der Waals surface area contributed by atoms with Crippen molar-refractivity contribution in [1.82, 2.24) is 15.5 Å². The Balaban J connectivity index is 1.91. The molecular weight excluding hydrogens is 174 g/mol. The first-order chi connectivity index (χ1) is 6.83. The average molecular weight is 199 g/mol. The monoisotopic (exact) mass is 199 g/mol. The van der Waals surface area contributed by atoms with Crippen LogP contribution in [0.25, 0.3) is 0 Å². The van der Waals surface area contributed by atoms with Crippen LogP contribution in [-0.4, -0.2) is 51.2 Å². The second-order valence-electron chi connectivity index (χ2n) is 4.30. The van der Waals surface area contributed by atoms with Crippen molar-refractivity contribution in [3.8, 4) is 0 Å². The van der Waals surface area contributed by atoms with Crippen molar-refractivity contribution in [1.29, 1.82) is 0 Å². The Kier molecular flexibility index (Phi) is 6.15. The van der Waals surface area contributed by atoms with Gasteiger partial charge in [-0.1, -0.05) is 6.92 Å². The molecule has 2 N–H and O–H groups in total. The summed E-state index contributed by atoms with van der Waals surface area (Å²) in [5.41, 5.74) is 0. The molecule has 0 unspecified atom stereocenters. The van der Waals surface area contributed by atoms with Crippen LogP contribution < -0.4 is 10.6 Å². The number of likely N-dealkylation sites (N-methyl/N-ethyl adjacent to an activating group) is 1. The smallest absolute Gasteiger partial charge is 0.00768 e. The molecule has 0 aliphatic carbocycles. The van der Waals surface area contributed by atoms with E-state index in [1.165, 1.54) is 32.5 Å². The molecule has 0 aromatic heterocycles. The Labute approximate surface area is 88.2 Å². The molecule has 0 aromatic carbocycles. The van der Waals surface area contributed by atoms with Crippen molar-refractivity contribution in [2.45, 2.75) is 19.8 Å². The molecule has 1 rings (SSSR count). The molecule has 3 heteroatoms. The van der Waals surface area contributed by atoms with E-state index in [4.69, 9.17) is 0 Å². The fraction of sp³-hybridized carbons (Fsp3) is 1.00. The molecule has 0 aromatic rings. The SMILES string of the molecule is CCNCCNCC1CCN(C)CC1. The Bertz CT molecular complexity index is 130. The lowest BCUT2D eigenvalue weighted by Gasteiger charge is -2.29. The van der Waals surface area contributed by atoms with Gasteiger partial charge in [0.25, 0.3) is 0 Å². The standard InChI is InChI=1S/C11H25N3/c1-3-12-6-7-13-10-11-4-8-14(2)9-5-11/h11-13H,3-10H2,1-2H3. The molecule has 1 saturated heterocycles. The molecular formula is C11H25N3. The van der Waals surface area contributed by atoms with Gasteiger partial charge in [0.2, 0.25) is 0 Å². The quantitative estimate of drug-likeness (QED) is 0.611. The molecule has 0 radical (unpaired) electrons. The van der Waals surface area contributed by atoms with Crippen molar-refractivity contribution >= 4 is 0 Å². The van der Waals surface area contributed by atoms with E-state index in [1.807, 2.05) is 0 Å². The van der Waals surface area contributed by atoms with Gasteiger partial charge in [0.15, 0.2) is 0 Å². The topological polar surface area (TPSA) is 27.3 Å². The number of piperidine rings is 1. The fourth-order valence-electron chi connectivity index (χ4n) is 1.93. The summed E-state index contributed by atoms with van der Waals surface area (Å²) in [6.07, 6.45) is 2.73. The first kappa shape index (κ1) is 12.0. The molecule has 84 valence electrons. The van der Waals surface area contributed by atoms with Gasteiger partial charge in [0.05, 0.1) is 0 Å². The first-order valence-electron chi connectivity index (χ1n) is 5.93. The maximum atomic E-state index is 3.52. The summed E-state index contributed by atoms with van der Waals surface area (Å²) in [5.74, 6) is 0.910. The molecule has 1 heterocycles. The minimum Gasteiger partial charge on any atom is -0.316 e. The minimum atomic E-state index is 0.910. The second-order valence-corrected chi connectivity index (χ2v) is 4.30. The minimum absolute atomic E-state index is 0.910. The van der Waals surface area contributed by atoms with E-state index < -0.39 is 0 Å². The highest BCUT2D eigenvalue weighted by molar-refractivity contribution is 4.71. The number of likely N-dealkylation sites (tertiary alicyclic amines) is 1. The van der Waals surface area contributed by atoms with Gasteiger partial charge in [0.1, 0.15) is 0 Å². The van der Waals surface area contributed by atoms with Crippen molar-refractivity contribution in [2.75, 3.05) is 46.3 Å². The van der Waals surface area contributed by atoms with Crippen LogP contribution in [0.3, 0.4) is 0 Å². The molecule has 0 saturated carbocycles. The highest BCUT2D eigenvalue weighted by Crippen LogP contribution is 2.14. The number of hydrogen-bond donors (Lipinski definition) is 2. The third-order valence-electron chi connectivity index (χ3n) is 3.00. The largest absolute Gasteiger partial charge is 0.316 e. The van der Waals surface area contributed by atoms with Gasteiger partial charge in [-0.25, -0.2) is 0 Å². The third kappa shape index (κ3) is 4.94. The summed E-state index contributed by atoms with van der Waals surface area (Å²) in [7, 11) is 2.22. The van der Waals surface area contributed by atoms with Crippen LogP contribution in [0.1, 0.15) is 19.8 Å². The van der Waals surface area contributed by atoms with Crippen LogP contribution >= 0.6 is 0 Å². The Morgan fingerprint density at radius 3 is 2.43 bits per heavy atom. The Hall–Kier alpha value is -0.120. The van der Waals surface area contributed by atoms with Gasteiger partial charge < -0.3 is 15.5 Å². The van der Waals surface area contributed by atoms with E-state index >= 15 is 0 Å². The Morgan fingerprint density at radius 2 is 1.79 bits per heavy atom. The van der Waals surface area contributed by atoms with E-state index in [0.29, 0.717) is 0 Å². The summed E-state index contributed by atoms with van der Waals surface area (Å²) >= 11 is 0. The number of hydrogen-bond acceptors (Lipinski definition) is 3. The maximum absolute atomic E-state index is 3.52. The second kappa shape index (κ2) is 7.21. The molecule has 1 fully saturated rings. The fourth-order valence-corrected chi connectivity index (χ4v) is 1.93. The zero-order chi connectivity index (χ0) is 10.2. The van der Waals surface area contributed by atoms with Gasteiger partial charge >= 0.3 is 0 Å². The molecule has 0 atom stereocenters. The lowest BCUT2D eigenvalue weighted by Crippen LogP contribution is -2.36. The normalized spacial score (nSPS) is 20.1. The van der Waals surface area contributed by atoms with Crippen LogP contribution in [0, 0.1) is 5.92 Å². The molecule has 3 nitrogen and oxygen atoms in total. The zero-order valence-electron chi connectivity index (χ0n) is 9.68. The van der Waals surface area contributed by atoms with Gasteiger partial charge in [-0.15, -0.1) is 0 Å². The van der Waals surface area contributed by atoms with Crippen molar-refractivity contribution in [2.24, 2.45) is 5.92 Å². The van der Waals surface area contributed by atoms with Crippen LogP contribution in [0.5, 0.6) is 0 Å². The first-order valence-corrected chi connectivity index (χ1v) is 5.93. The number of nitrogens with one attached hydrogen (secondary N) is 2. The average Bonchev–Trinajstić information content (AvgIpc) is 2.21. The van der Waals surface area contributed by atoms with Crippen LogP contribution in [0.15, 0.2) is 0 Å². The lowest BCUT2D eigenvalue weighted by molar-refractivity contribution is 0.216. The summed E-state index contributed by atoms with van der Waals surface area (Å²) < 4.78 is 0. The van der Waals surface area contributed by atoms with E-state index in [2.05, 4.69) is 29.5 Å². The van der Waals surface area contributed by atoms with Gasteiger partial charge in [0, 0.05) is 13.1 Å². The number of rotatable bonds is 6. The lowest BCUT2D eigenvalue weighted by atomic mass is 9.97. The summed E-state index contributed by atoms with van der Waals surface area (Å²) in [4.78, 5) is 2.43. The molecule has 1 aliphatic rings. The van der Waals surface area contributed by atoms with Crippen LogP contribution in [0.2, 0.25) is 0 Å². The molecule has 1 aliphatic heterocycles. The molecule has 14 heavy (non-hydrogen) atoms. The Morgan fingerprint density at radius 1 is 1.14 bits per heavy atom. The molecule has 0 spiro atoms. The highest BCUT2D eigenvalue weighted by atomic mass is 15.1. The summed E-state index contributed by atoms with van der Waals surface area (Å²) in [6.45, 7) is 9.20. The number of nitrogens with zero attached hydrogens (tertiary/aromatic N) is 1. The van der Waals surface area contributed by atoms with Gasteiger partial charge in [-0.3, -0.25) is 0 Å². The summed E-state index contributed by atoms with van der Waals surface area (Å²) in [6, 6.07) is 0. The highest BCUT2D eigenvalue weighted by Gasteiger charge is 2.15. The maximum Gasteiger partial charge on any atom is 0.00768 e. The van der Waals surface area contributed by atoms with Gasteiger partial charge in [-0.2, -0.15) is 0 Å². The molecule has 0 bridgehead atoms. The van der Waals surface area contributed by atoms with Crippen LogP contribution in [-0.2, 0) is 0 Å². The van der Waals surface area contributed by atoms with Crippen molar-refractivity contribution < 1.29 is 0 Å². The zero-order valence-corrected chi connectivity index (χ0v) is 9.68. The molecule has 0 amide bonds. The predicted octanol–water partition coefficient (Wildman–Crippen LogP) is 0.527. The van der Waals surface area contributed by atoms with Crippen LogP contribution in [0.4, 0.5) is 0 Å².